The van der Waals surface area contributed by atoms with Gasteiger partial charge in [-0.15, -0.1) is 0 Å². The molecule has 0 spiro atoms. The molecule has 0 N–H and O–H groups in total. The highest BCUT2D eigenvalue weighted by atomic mass is 16.5. The quantitative estimate of drug-likeness (QED) is 0.689. The van der Waals surface area contributed by atoms with E-state index in [1.54, 1.807) is 23.5 Å². The van der Waals surface area contributed by atoms with Gasteiger partial charge in [-0.25, -0.2) is 0 Å². The van der Waals surface area contributed by atoms with Crippen LogP contribution in [0.25, 0.3) is 0 Å². The smallest absolute Gasteiger partial charge is 0.310 e. The molecule has 0 saturated carbocycles. The summed E-state index contributed by atoms with van der Waals surface area (Å²) in [6, 6.07) is 0. The van der Waals surface area contributed by atoms with Crippen molar-refractivity contribution in [1.29, 1.82) is 0 Å². The second-order valence-corrected chi connectivity index (χ2v) is 3.90. The minimum absolute atomic E-state index is 0.0500. The van der Waals surface area contributed by atoms with E-state index in [1.165, 1.54) is 7.11 Å². The molecule has 1 aliphatic heterocycles. The van der Waals surface area contributed by atoms with Crippen LogP contribution in [0, 0.1) is 5.92 Å². The molecule has 6 heteroatoms. The summed E-state index contributed by atoms with van der Waals surface area (Å²) in [5, 5.41) is 0. The summed E-state index contributed by atoms with van der Waals surface area (Å²) in [4.78, 5) is 32.6. The van der Waals surface area contributed by atoms with Gasteiger partial charge in [-0.05, 0) is 0 Å². The van der Waals surface area contributed by atoms with E-state index in [9.17, 15) is 9.59 Å². The van der Waals surface area contributed by atoms with Crippen LogP contribution in [0.5, 0.6) is 0 Å². The molecule has 0 bridgehead atoms. The zero-order valence-electron chi connectivity index (χ0n) is 9.50. The van der Waals surface area contributed by atoms with Gasteiger partial charge in [-0.1, -0.05) is 0 Å². The first-order valence-electron chi connectivity index (χ1n) is 5.31. The average molecular weight is 235 g/mol. The Balaban J connectivity index is 1.99. The number of hydrogen-bond acceptors (Lipinski definition) is 5. The first kappa shape index (κ1) is 11.5. The van der Waals surface area contributed by atoms with E-state index in [4.69, 9.17) is 0 Å². The standard InChI is InChI=1S/C11H13N3O3/c1-17-11(16)8-4-10(15)14(6-8)7-9-5-12-2-3-13-9/h2-3,5,8H,4,6-7H2,1H3. The molecule has 2 heterocycles. The van der Waals surface area contributed by atoms with E-state index >= 15 is 0 Å². The van der Waals surface area contributed by atoms with Crippen LogP contribution in [-0.2, 0) is 20.9 Å². The first-order valence-corrected chi connectivity index (χ1v) is 5.31. The maximum absolute atomic E-state index is 11.7. The fourth-order valence-electron chi connectivity index (χ4n) is 1.86. The molecule has 6 nitrogen and oxygen atoms in total. The Morgan fingerprint density at radius 1 is 1.59 bits per heavy atom. The van der Waals surface area contributed by atoms with Crippen molar-refractivity contribution in [1.82, 2.24) is 14.9 Å². The van der Waals surface area contributed by atoms with Gasteiger partial charge in [0.05, 0.1) is 31.5 Å². The van der Waals surface area contributed by atoms with Gasteiger partial charge in [0.25, 0.3) is 0 Å². The van der Waals surface area contributed by atoms with E-state index in [2.05, 4.69) is 14.7 Å². The zero-order valence-corrected chi connectivity index (χ0v) is 9.50. The molecule has 1 aromatic rings. The largest absolute Gasteiger partial charge is 0.469 e. The summed E-state index contributed by atoms with van der Waals surface area (Å²) in [5.74, 6) is -0.741. The second-order valence-electron chi connectivity index (χ2n) is 3.90. The van der Waals surface area contributed by atoms with E-state index < -0.39 is 0 Å². The summed E-state index contributed by atoms with van der Waals surface area (Å²) < 4.78 is 4.64. The molecule has 17 heavy (non-hydrogen) atoms. The van der Waals surface area contributed by atoms with Gasteiger partial charge in [0.2, 0.25) is 5.91 Å². The van der Waals surface area contributed by atoms with Crippen LogP contribution in [0.15, 0.2) is 18.6 Å². The van der Waals surface area contributed by atoms with Gasteiger partial charge in [-0.2, -0.15) is 0 Å². The fraction of sp³-hybridized carbons (Fsp3) is 0.455. The van der Waals surface area contributed by atoms with Crippen molar-refractivity contribution in [2.75, 3.05) is 13.7 Å². The van der Waals surface area contributed by atoms with Gasteiger partial charge >= 0.3 is 5.97 Å². The molecule has 0 radical (unpaired) electrons. The zero-order chi connectivity index (χ0) is 12.3. The maximum Gasteiger partial charge on any atom is 0.310 e. The van der Waals surface area contributed by atoms with Crippen molar-refractivity contribution in [3.63, 3.8) is 0 Å². The monoisotopic (exact) mass is 235 g/mol. The molecule has 1 amide bonds. The average Bonchev–Trinajstić information content (AvgIpc) is 2.71. The van der Waals surface area contributed by atoms with Crippen molar-refractivity contribution < 1.29 is 14.3 Å². The summed E-state index contributed by atoms with van der Waals surface area (Å²) in [6.07, 6.45) is 4.98. The number of nitrogens with zero attached hydrogens (tertiary/aromatic N) is 3. The van der Waals surface area contributed by atoms with Crippen molar-refractivity contribution in [2.45, 2.75) is 13.0 Å². The summed E-state index contributed by atoms with van der Waals surface area (Å²) in [5.41, 5.74) is 0.714. The number of aromatic nitrogens is 2. The Morgan fingerprint density at radius 2 is 2.41 bits per heavy atom. The van der Waals surface area contributed by atoms with Gasteiger partial charge < -0.3 is 9.64 Å². The van der Waals surface area contributed by atoms with Crippen LogP contribution in [0.1, 0.15) is 12.1 Å². The lowest BCUT2D eigenvalue weighted by Crippen LogP contribution is -2.26. The molecular weight excluding hydrogens is 222 g/mol. The van der Waals surface area contributed by atoms with Crippen LogP contribution >= 0.6 is 0 Å². The topological polar surface area (TPSA) is 72.4 Å². The predicted octanol–water partition coefficient (Wildman–Crippen LogP) is -0.00190. The molecule has 1 atom stereocenters. The molecule has 0 aliphatic carbocycles. The number of methoxy groups -OCH3 is 1. The Hall–Kier alpha value is -1.98. The lowest BCUT2D eigenvalue weighted by atomic mass is 10.1. The Labute approximate surface area is 98.6 Å². The van der Waals surface area contributed by atoms with Crippen molar-refractivity contribution in [3.05, 3.63) is 24.3 Å². The molecule has 1 fully saturated rings. The van der Waals surface area contributed by atoms with Gasteiger partial charge in [0.15, 0.2) is 0 Å². The van der Waals surface area contributed by atoms with Crippen molar-refractivity contribution in [2.24, 2.45) is 5.92 Å². The van der Waals surface area contributed by atoms with Gasteiger partial charge in [0, 0.05) is 25.4 Å². The number of carbonyl (C=O) groups is 2. The van der Waals surface area contributed by atoms with E-state index in [-0.39, 0.29) is 24.2 Å². The summed E-state index contributed by atoms with van der Waals surface area (Å²) in [7, 11) is 1.33. The van der Waals surface area contributed by atoms with Gasteiger partial charge in [-0.3, -0.25) is 19.6 Å². The highest BCUT2D eigenvalue weighted by Gasteiger charge is 2.34. The molecule has 0 aromatic carbocycles. The maximum atomic E-state index is 11.7. The first-order chi connectivity index (χ1) is 8.20. The van der Waals surface area contributed by atoms with E-state index in [1.807, 2.05) is 0 Å². The van der Waals surface area contributed by atoms with Crippen molar-refractivity contribution >= 4 is 11.9 Å². The number of likely N-dealkylation sites (tertiary alicyclic amines) is 1. The highest BCUT2D eigenvalue weighted by molar-refractivity contribution is 5.86. The molecule has 1 unspecified atom stereocenters. The summed E-state index contributed by atoms with van der Waals surface area (Å²) in [6.45, 7) is 0.780. The van der Waals surface area contributed by atoms with Crippen LogP contribution < -0.4 is 0 Å². The van der Waals surface area contributed by atoms with Gasteiger partial charge in [0.1, 0.15) is 0 Å². The minimum Gasteiger partial charge on any atom is -0.469 e. The fourth-order valence-corrected chi connectivity index (χ4v) is 1.86. The third kappa shape index (κ3) is 2.58. The Bertz CT molecular complexity index is 421. The van der Waals surface area contributed by atoms with Crippen LogP contribution in [-0.4, -0.2) is 40.4 Å². The minimum atomic E-state index is -0.357. The molecule has 1 saturated heterocycles. The third-order valence-corrected chi connectivity index (χ3v) is 2.72. The number of hydrogen-bond donors (Lipinski definition) is 0. The molecule has 1 aromatic heterocycles. The molecule has 2 rings (SSSR count). The summed E-state index contributed by atoms with van der Waals surface area (Å²) >= 11 is 0. The molecule has 90 valence electrons. The molecule has 1 aliphatic rings. The molecular formula is C11H13N3O3. The lowest BCUT2D eigenvalue weighted by molar-refractivity contribution is -0.145. The normalized spacial score (nSPS) is 19.5. The van der Waals surface area contributed by atoms with E-state index in [0.717, 1.165) is 0 Å². The number of ether oxygens (including phenoxy) is 1. The number of rotatable bonds is 3. The van der Waals surface area contributed by atoms with Crippen LogP contribution in [0.4, 0.5) is 0 Å². The third-order valence-electron chi connectivity index (χ3n) is 2.72. The van der Waals surface area contributed by atoms with Crippen molar-refractivity contribution in [3.8, 4) is 0 Å². The SMILES string of the molecule is COC(=O)C1CC(=O)N(Cc2cnccn2)C1. The second kappa shape index (κ2) is 4.90. The van der Waals surface area contributed by atoms with Crippen LogP contribution in [0.3, 0.4) is 0 Å². The predicted molar refractivity (Wildman–Crippen MR) is 57.6 cm³/mol. The van der Waals surface area contributed by atoms with Crippen LogP contribution in [0.2, 0.25) is 0 Å². The number of carbonyl (C=O) groups excluding carboxylic acids is 2. The Kier molecular flexibility index (Phi) is 3.32. The Morgan fingerprint density at radius 3 is 3.06 bits per heavy atom. The number of amides is 1. The highest BCUT2D eigenvalue weighted by Crippen LogP contribution is 2.20. The number of esters is 1. The lowest BCUT2D eigenvalue weighted by Gasteiger charge is -2.15. The van der Waals surface area contributed by atoms with E-state index in [0.29, 0.717) is 18.8 Å².